The van der Waals surface area contributed by atoms with E-state index in [1.54, 1.807) is 42.4 Å². The fraction of sp³-hybridized carbons (Fsp3) is 0.489. The number of carboxylic acid groups (broad SMARTS) is 1. The van der Waals surface area contributed by atoms with Gasteiger partial charge in [0.25, 0.3) is 0 Å². The second-order valence-corrected chi connectivity index (χ2v) is 45.6. The van der Waals surface area contributed by atoms with Crippen LogP contribution in [-0.4, -0.2) is 225 Å². The SMILES string of the molecule is CC(C)(C)OC(=O)N1CC2COC(=O)C2C1.COC(=O)C1CN(c2cc(Cl)cc(Cl)c2)CC1CBr.COCN(Cc1ccccc1)C[Si](C)(C)C.Cl.Clc1cc(Cl)cc(I)c1.O=C(O)C12CC1CN(c1cc(Cl)cc(Cl)c1)C2.O=C1C=CCO1.O=C1OCC2CN(Cc3ccccc3)CC12.O=C1OCC2CN(c3cc(Cl)cc(Cl)c3)CC12.O=C1OCC2CNCC12. The first kappa shape index (κ1) is 104. The van der Waals surface area contributed by atoms with E-state index in [4.69, 9.17) is 126 Å². The van der Waals surface area contributed by atoms with Gasteiger partial charge in [0.15, 0.2) is 0 Å². The molecule has 11 aliphatic heterocycles. The van der Waals surface area contributed by atoms with Crippen LogP contribution in [0.2, 0.25) is 59.8 Å². The lowest BCUT2D eigenvalue weighted by Crippen LogP contribution is -2.40. The van der Waals surface area contributed by atoms with Crippen LogP contribution in [0.4, 0.5) is 21.9 Å². The standard InChI is InChI=1S/C13H14BrCl2NO2.C13H15NO2.C13H23NOSi.2C12H11Cl2NO2.C11H17NO4.C6H3Cl2I.C6H9NO2.C4H4O2.ClH/c1-19-13(18)12-7-17(6-8(12)5-14)11-3-9(15)2-10(16)4-11;15-13-12-8-14(7-11(12)9-16-13)6-10-4-2-1-3-5-10;1-15-11-14(12-16(2,3)4)10-13-8-6-5-7-9-13;13-8-1-9(14)3-10(2-8)15-4-7-6-17-12(16)11(7)5-15;13-8-1-9(14)3-10(2-8)15-5-7-4-12(7,6-15)11(16)17;1-11(2,3)16-10(14)12-4-7-6-15-9(13)8(7)5-12;7-4-1-5(8)3-6(9)2-4;8-6-5-2-7-1-4(5)3-9-6;5-4-2-1-3-6-4;/h2-4,8,12H,5-7H2,1H3;1-5,11-12H,6-9H2;5-9H,10-12H2,1-4H3;1-3,7,11H,4-6H2;1-3,7H,4-6H2,(H,16,17);7-8H,4-6H2,1-3H3;1-3H;4-5,7H,1-3H2;1-2H,3H2;1H. The lowest BCUT2D eigenvalue weighted by molar-refractivity contribution is -0.146. The van der Waals surface area contributed by atoms with Crippen LogP contribution in [0.25, 0.3) is 0 Å². The number of aliphatic carboxylic acids is 1. The Bertz CT molecular complexity index is 4580. The number of nitrogens with one attached hydrogen (secondary N) is 1. The summed E-state index contributed by atoms with van der Waals surface area (Å²) in [4.78, 5) is 102. The van der Waals surface area contributed by atoms with E-state index in [-0.39, 0.29) is 102 Å². The molecule has 686 valence electrons. The summed E-state index contributed by atoms with van der Waals surface area (Å²) in [6, 6.07) is 42.6. The van der Waals surface area contributed by atoms with Crippen LogP contribution in [0.15, 0.2) is 146 Å². The Morgan fingerprint density at radius 1 is 0.571 bits per heavy atom. The van der Waals surface area contributed by atoms with E-state index in [1.807, 2.05) is 75.4 Å². The summed E-state index contributed by atoms with van der Waals surface area (Å²) in [6.45, 7) is 26.9. The maximum absolute atomic E-state index is 11.8. The number of hydrogen-bond acceptors (Lipinski definition) is 22. The number of carbonyl (C=O) groups excluding carboxylic acids is 7. The van der Waals surface area contributed by atoms with Crippen LogP contribution in [0.3, 0.4) is 0 Å². The van der Waals surface area contributed by atoms with Gasteiger partial charge in [-0.3, -0.25) is 38.6 Å². The first-order chi connectivity index (χ1) is 59.3. The molecule has 12 atom stereocenters. The third-order valence-corrected chi connectivity index (χ3v) is 27.2. The number of ether oxygens (including phenoxy) is 8. The highest BCUT2D eigenvalue weighted by molar-refractivity contribution is 14.1. The molecule has 2 N–H and O–H groups in total. The topological polar surface area (TPSA) is 262 Å². The number of cyclic esters (lactones) is 5. The van der Waals surface area contributed by atoms with E-state index in [2.05, 4.69) is 147 Å². The van der Waals surface area contributed by atoms with Gasteiger partial charge in [-0.25, -0.2) is 9.59 Å². The number of methoxy groups -OCH3 is 2. The molecule has 6 aromatic carbocycles. The Balaban J connectivity index is 0.000000162. The molecule has 11 heterocycles. The van der Waals surface area contributed by atoms with Gasteiger partial charge in [0.1, 0.15) is 12.2 Å². The van der Waals surface area contributed by atoms with Crippen molar-refractivity contribution < 1.29 is 81.4 Å². The van der Waals surface area contributed by atoms with E-state index in [1.165, 1.54) is 30.5 Å². The first-order valence-electron chi connectivity index (χ1n) is 41.2. The number of benzene rings is 6. The second kappa shape index (κ2) is 48.3. The molecule has 1 saturated carbocycles. The van der Waals surface area contributed by atoms with Crippen molar-refractivity contribution in [3.8, 4) is 0 Å². The van der Waals surface area contributed by atoms with E-state index in [9.17, 15) is 43.5 Å². The fourth-order valence-electron chi connectivity index (χ4n) is 16.6. The minimum atomic E-state index is -1.07. The maximum atomic E-state index is 11.8. The van der Waals surface area contributed by atoms with Gasteiger partial charge >= 0.3 is 47.9 Å². The number of carbonyl (C=O) groups is 8. The lowest BCUT2D eigenvalue weighted by atomic mass is 9.99. The van der Waals surface area contributed by atoms with Crippen LogP contribution in [0.5, 0.6) is 0 Å². The monoisotopic (exact) mass is 2110 g/mol. The smallest absolute Gasteiger partial charge is 0.410 e. The van der Waals surface area contributed by atoms with Crippen molar-refractivity contribution in [2.45, 2.75) is 65.5 Å². The van der Waals surface area contributed by atoms with Crippen molar-refractivity contribution in [3.63, 3.8) is 0 Å². The van der Waals surface area contributed by atoms with Crippen molar-refractivity contribution in [1.82, 2.24) is 20.0 Å². The number of carboxylic acids is 1. The summed E-state index contributed by atoms with van der Waals surface area (Å²) < 4.78 is 40.7. The van der Waals surface area contributed by atoms with Gasteiger partial charge in [0.2, 0.25) is 0 Å². The van der Waals surface area contributed by atoms with Gasteiger partial charge in [0, 0.05) is 201 Å². The van der Waals surface area contributed by atoms with E-state index in [0.29, 0.717) is 124 Å². The summed E-state index contributed by atoms with van der Waals surface area (Å²) in [5, 5.41) is 18.1. The molecule has 12 unspecified atom stereocenters. The zero-order valence-electron chi connectivity index (χ0n) is 71.3. The molecule has 0 aromatic heterocycles. The van der Waals surface area contributed by atoms with Crippen LogP contribution in [0, 0.1) is 74.1 Å². The van der Waals surface area contributed by atoms with Gasteiger partial charge in [-0.15, -0.1) is 12.4 Å². The number of hydrogen-bond donors (Lipinski definition) is 2. The van der Waals surface area contributed by atoms with Crippen molar-refractivity contribution in [3.05, 3.63) is 200 Å². The molecule has 126 heavy (non-hydrogen) atoms. The molecule has 18 rings (SSSR count). The molecule has 10 saturated heterocycles. The average molecular weight is 2110 g/mol. The van der Waals surface area contributed by atoms with Crippen molar-refractivity contribution in [2.75, 3.05) is 159 Å². The number of fused-ring (bicyclic) bond motifs is 5. The number of halogens is 11. The van der Waals surface area contributed by atoms with Crippen molar-refractivity contribution in [2.24, 2.45) is 70.5 Å². The van der Waals surface area contributed by atoms with Gasteiger partial charge in [-0.2, -0.15) is 0 Å². The number of amides is 1. The van der Waals surface area contributed by atoms with E-state index >= 15 is 0 Å². The Morgan fingerprint density at radius 3 is 1.46 bits per heavy atom. The minimum absolute atomic E-state index is 0. The third kappa shape index (κ3) is 31.0. The van der Waals surface area contributed by atoms with Crippen molar-refractivity contribution >= 4 is 217 Å². The number of likely N-dealkylation sites (tertiary alicyclic amines) is 2. The van der Waals surface area contributed by atoms with Crippen LogP contribution in [0.1, 0.15) is 38.3 Å². The number of anilines is 3. The number of rotatable bonds is 14. The molecule has 36 heteroatoms. The summed E-state index contributed by atoms with van der Waals surface area (Å²) in [5.74, 6) is 0.550. The first-order valence-corrected chi connectivity index (χ1v) is 50.1. The summed E-state index contributed by atoms with van der Waals surface area (Å²) >= 11 is 52.8. The number of alkyl halides is 1. The highest BCUT2D eigenvalue weighted by atomic mass is 127. The van der Waals surface area contributed by atoms with Gasteiger partial charge in [-0.05, 0) is 152 Å². The lowest BCUT2D eigenvalue weighted by Gasteiger charge is -2.28. The minimum Gasteiger partial charge on any atom is -0.481 e. The Morgan fingerprint density at radius 2 is 1.04 bits per heavy atom. The molecule has 6 aromatic rings. The number of esters is 6. The average Bonchev–Trinajstić information content (AvgIpc) is 1.55. The second-order valence-electron chi connectivity index (χ2n) is 34.8. The van der Waals surface area contributed by atoms with Gasteiger partial charge in [0.05, 0.1) is 83.3 Å². The molecule has 24 nitrogen and oxygen atoms in total. The normalized spacial score (nSPS) is 24.5. The van der Waals surface area contributed by atoms with Crippen LogP contribution >= 0.6 is 144 Å². The fourth-order valence-corrected chi connectivity index (χ4v) is 21.9. The molecular formula is C90H108BrCl9IN7O17Si. The highest BCUT2D eigenvalue weighted by Gasteiger charge is 2.65. The van der Waals surface area contributed by atoms with E-state index < -0.39 is 25.1 Å². The van der Waals surface area contributed by atoms with Gasteiger partial charge in [-0.1, -0.05) is 189 Å². The van der Waals surface area contributed by atoms with Crippen molar-refractivity contribution in [1.29, 1.82) is 0 Å². The zero-order chi connectivity index (χ0) is 90.6. The van der Waals surface area contributed by atoms with E-state index in [0.717, 1.165) is 98.0 Å². The molecule has 0 bridgehead atoms. The number of piperidine rings is 1. The Kier molecular flexibility index (Phi) is 39.8. The molecule has 12 aliphatic rings. The molecule has 1 aliphatic carbocycles. The highest BCUT2D eigenvalue weighted by Crippen LogP contribution is 2.59. The number of nitrogens with zero attached hydrogens (tertiary/aromatic N) is 6. The zero-order valence-corrected chi connectivity index (χ0v) is 82.9. The Hall–Kier alpha value is -6.10. The quantitative estimate of drug-likeness (QED) is 0.0256. The maximum Gasteiger partial charge on any atom is 0.410 e. The summed E-state index contributed by atoms with van der Waals surface area (Å²) in [5.41, 5.74) is 4.49. The molecule has 11 fully saturated rings. The predicted octanol–water partition coefficient (Wildman–Crippen LogP) is 17.9. The summed E-state index contributed by atoms with van der Waals surface area (Å²) in [6.07, 6.45) is 4.74. The van der Waals surface area contributed by atoms with Crippen LogP contribution in [-0.2, 0) is 84.5 Å². The molecular weight excluding hydrogens is 2000 g/mol. The third-order valence-electron chi connectivity index (χ3n) is 22.6. The largest absolute Gasteiger partial charge is 0.481 e. The van der Waals surface area contributed by atoms with Crippen LogP contribution < -0.4 is 20.0 Å². The predicted molar refractivity (Wildman–Crippen MR) is 510 cm³/mol. The molecule has 0 spiro atoms. The molecule has 0 radical (unpaired) electrons. The van der Waals surface area contributed by atoms with Gasteiger partial charge < -0.3 is 67.9 Å². The Labute approximate surface area is 806 Å². The summed E-state index contributed by atoms with van der Waals surface area (Å²) in [7, 11) is 2.12. The molecule has 1 amide bonds.